The summed E-state index contributed by atoms with van der Waals surface area (Å²) in [5.74, 6) is -10.8. The molecule has 0 bridgehead atoms. The maximum Gasteiger partial charge on any atom is 0.438 e. The van der Waals surface area contributed by atoms with Crippen molar-refractivity contribution >= 4 is 70.9 Å². The highest BCUT2D eigenvalue weighted by Gasteiger charge is 2.44. The minimum absolute atomic E-state index is 0.0239. The number of unbranched alkanes of at least 4 members (excludes halogenated alkanes) is 1. The largest absolute Gasteiger partial charge is 0.438 e. The zero-order chi connectivity index (χ0) is 77.4. The number of aliphatic hydroxyl groups is 1. The third-order valence-electron chi connectivity index (χ3n) is 19.4. The Kier molecular flexibility index (Phi) is 35.0. The standard InChI is InChI=1S/C74H122N14O15/c1-20-22-33-88-43-62(91)82(15)55(37-45(5)6)65(93)77-53(70(98)87-34-27-24-28-35-87)42-61(90)81(14)54(21-2)64(92)76-52(36-44(3)4)69(97)86(19)59(40-48(11)12)72(100)84(17)57(41-50-29-25-23-26-30-50)66(94)75-51(31-32-60-78-74(102)103-80-60)68(96)85(18)58(39-47(9)10)71(99)83(16)56(38-46(7)8)67(95)79-63(49(13)89)73(88)101/h23,25-26,29-30,44-49,51-59,63,89H,20-22,24,27-28,31-43H2,1-19H3,(H,75,94)(H,76,92)(H,77,93)(H,79,95)(H,78,80,102)/t49-,51?,52+,53?,54+,55+,56-,57+,58+,59+,63?/m1/s1. The van der Waals surface area contributed by atoms with Crippen LogP contribution in [0.15, 0.2) is 39.6 Å². The lowest BCUT2D eigenvalue weighted by Crippen LogP contribution is -2.62. The summed E-state index contributed by atoms with van der Waals surface area (Å²) in [4.78, 5) is 206. The number of likely N-dealkylation sites (tertiary alicyclic amines) is 1. The molecule has 3 unspecified atom stereocenters. The van der Waals surface area contributed by atoms with E-state index in [1.165, 1.54) is 83.5 Å². The van der Waals surface area contributed by atoms with Gasteiger partial charge in [0.1, 0.15) is 60.4 Å². The van der Waals surface area contributed by atoms with Gasteiger partial charge >= 0.3 is 5.76 Å². The van der Waals surface area contributed by atoms with Crippen LogP contribution in [0, 0.1) is 29.6 Å². The van der Waals surface area contributed by atoms with E-state index in [-0.39, 0.29) is 99.7 Å². The first-order valence-corrected chi connectivity index (χ1v) is 37.0. The van der Waals surface area contributed by atoms with Crippen LogP contribution in [0.2, 0.25) is 0 Å². The topological polar surface area (TPSA) is 358 Å². The highest BCUT2D eigenvalue weighted by Crippen LogP contribution is 2.25. The molecule has 3 heterocycles. The summed E-state index contributed by atoms with van der Waals surface area (Å²) in [5.41, 5.74) is 0.616. The molecular formula is C74H122N14O15. The van der Waals surface area contributed by atoms with E-state index >= 15 is 33.6 Å². The number of nitrogens with zero attached hydrogens (tertiary/aromatic N) is 9. The number of piperidine rings is 1. The lowest BCUT2D eigenvalue weighted by Gasteiger charge is -2.38. The Morgan fingerprint density at radius 2 is 0.981 bits per heavy atom. The third kappa shape index (κ3) is 25.6. The van der Waals surface area contributed by atoms with Gasteiger partial charge in [-0.2, -0.15) is 0 Å². The van der Waals surface area contributed by atoms with Gasteiger partial charge in [0.25, 0.3) is 0 Å². The van der Waals surface area contributed by atoms with Crippen molar-refractivity contribution in [2.75, 3.05) is 68.5 Å². The predicted molar refractivity (Wildman–Crippen MR) is 388 cm³/mol. The van der Waals surface area contributed by atoms with Gasteiger partial charge in [-0.05, 0) is 113 Å². The van der Waals surface area contributed by atoms with Crippen LogP contribution in [0.1, 0.15) is 185 Å². The molecule has 0 spiro atoms. The Morgan fingerprint density at radius 1 is 0.524 bits per heavy atom. The zero-order valence-electron chi connectivity index (χ0n) is 64.7. The molecule has 4 rings (SSSR count). The lowest BCUT2D eigenvalue weighted by molar-refractivity contribution is -0.152. The number of carbonyl (C=O) groups excluding carboxylic acids is 12. The Morgan fingerprint density at radius 3 is 1.48 bits per heavy atom. The normalized spacial score (nSPS) is 24.8. The molecule has 2 saturated heterocycles. The molecule has 578 valence electrons. The Hall–Kier alpha value is -8.24. The molecule has 6 N–H and O–H groups in total. The minimum Gasteiger partial charge on any atom is -0.391 e. The fourth-order valence-electron chi connectivity index (χ4n) is 13.3. The van der Waals surface area contributed by atoms with Crippen molar-refractivity contribution in [1.82, 2.24) is 70.6 Å². The van der Waals surface area contributed by atoms with E-state index in [4.69, 9.17) is 4.52 Å². The van der Waals surface area contributed by atoms with Gasteiger partial charge in [0.15, 0.2) is 5.82 Å². The van der Waals surface area contributed by atoms with Crippen molar-refractivity contribution < 1.29 is 67.2 Å². The number of hydrogen-bond donors (Lipinski definition) is 6. The SMILES string of the molecule is CCCCN1CC(=O)N(C)[C@@H](CC(C)C)C(=O)NC(C(=O)N2CCCCC2)CC(=O)N(C)[C@@H](CC)C(=O)N[C@@H](CC(C)C)C(=O)N(C)[C@@H](CC(C)C)C(=O)N(C)[C@@H](Cc2ccccc2)C(=O)NC(CCc2noc(=O)[nH]2)C(=O)N(C)[C@@H](CC(C)C)C(=O)N(C)[C@H](CC(C)C)C(=O)NC([C@@H](C)O)C1=O. The van der Waals surface area contributed by atoms with Crippen molar-refractivity contribution in [3.05, 3.63) is 52.3 Å². The number of carbonyl (C=O) groups is 12. The van der Waals surface area contributed by atoms with Crippen molar-refractivity contribution in [3.8, 4) is 0 Å². The van der Waals surface area contributed by atoms with Gasteiger partial charge in [-0.1, -0.05) is 125 Å². The van der Waals surface area contributed by atoms with E-state index in [9.17, 15) is 33.9 Å². The molecular weight excluding hydrogens is 1320 g/mol. The molecule has 0 radical (unpaired) electrons. The Balaban J connectivity index is 2.02. The number of aromatic nitrogens is 2. The van der Waals surface area contributed by atoms with E-state index < -0.39 is 156 Å². The fourth-order valence-corrected chi connectivity index (χ4v) is 13.3. The van der Waals surface area contributed by atoms with Crippen molar-refractivity contribution in [1.29, 1.82) is 0 Å². The number of rotatable bonds is 21. The molecule has 12 amide bonds. The van der Waals surface area contributed by atoms with Gasteiger partial charge < -0.3 is 65.6 Å². The number of likely N-dealkylation sites (N-methyl/N-ethyl adjacent to an activating group) is 6. The summed E-state index contributed by atoms with van der Waals surface area (Å²) < 4.78 is 4.78. The number of H-pyrrole nitrogens is 1. The summed E-state index contributed by atoms with van der Waals surface area (Å²) in [6.45, 7) is 23.3. The molecule has 2 fully saturated rings. The summed E-state index contributed by atoms with van der Waals surface area (Å²) in [5, 5.41) is 26.6. The molecule has 29 nitrogen and oxygen atoms in total. The van der Waals surface area contributed by atoms with Crippen LogP contribution < -0.4 is 27.0 Å². The van der Waals surface area contributed by atoms with Gasteiger partial charge in [-0.25, -0.2) is 4.79 Å². The predicted octanol–water partition coefficient (Wildman–Crippen LogP) is 3.51. The maximum atomic E-state index is 15.5. The van der Waals surface area contributed by atoms with Gasteiger partial charge in [-0.3, -0.25) is 67.0 Å². The van der Waals surface area contributed by atoms with Gasteiger partial charge in [0.2, 0.25) is 70.9 Å². The fraction of sp³-hybridized carbons (Fsp3) is 0.730. The molecule has 0 aliphatic carbocycles. The second-order valence-corrected chi connectivity index (χ2v) is 30.3. The number of amides is 12. The van der Waals surface area contributed by atoms with Crippen LogP contribution in [-0.2, 0) is 70.4 Å². The molecule has 2 aromatic rings. The second-order valence-electron chi connectivity index (χ2n) is 30.3. The summed E-state index contributed by atoms with van der Waals surface area (Å²) in [7, 11) is 8.43. The number of benzene rings is 1. The molecule has 2 aliphatic heterocycles. The molecule has 29 heteroatoms. The lowest BCUT2D eigenvalue weighted by atomic mass is 9.96. The first-order chi connectivity index (χ1) is 48.3. The Labute approximate surface area is 609 Å². The first-order valence-electron chi connectivity index (χ1n) is 37.0. The molecule has 0 saturated carbocycles. The van der Waals surface area contributed by atoms with E-state index in [1.807, 2.05) is 76.2 Å². The first kappa shape index (κ1) is 87.2. The molecule has 2 aliphatic rings. The molecule has 1 aromatic heterocycles. The molecule has 11 atom stereocenters. The van der Waals surface area contributed by atoms with Crippen LogP contribution in [0.5, 0.6) is 0 Å². The average molecular weight is 1450 g/mol. The number of nitrogens with one attached hydrogen (secondary N) is 5. The number of hydrogen-bond acceptors (Lipinski definition) is 16. The van der Waals surface area contributed by atoms with E-state index in [0.29, 0.717) is 44.3 Å². The minimum atomic E-state index is -1.68. The van der Waals surface area contributed by atoms with Crippen LogP contribution >= 0.6 is 0 Å². The maximum absolute atomic E-state index is 15.5. The van der Waals surface area contributed by atoms with E-state index in [2.05, 4.69) is 31.4 Å². The molecule has 103 heavy (non-hydrogen) atoms. The highest BCUT2D eigenvalue weighted by molar-refractivity contribution is 6.00. The average Bonchev–Trinajstić information content (AvgIpc) is 1.04. The van der Waals surface area contributed by atoms with Crippen LogP contribution in [0.3, 0.4) is 0 Å². The van der Waals surface area contributed by atoms with Crippen LogP contribution in [0.25, 0.3) is 0 Å². The smallest absolute Gasteiger partial charge is 0.391 e. The number of aromatic amines is 1. The summed E-state index contributed by atoms with van der Waals surface area (Å²) >= 11 is 0. The van der Waals surface area contributed by atoms with Crippen molar-refractivity contribution in [2.45, 2.75) is 253 Å². The summed E-state index contributed by atoms with van der Waals surface area (Å²) in [6, 6.07) is -4.87. The summed E-state index contributed by atoms with van der Waals surface area (Å²) in [6.07, 6.45) is 0.816. The highest BCUT2D eigenvalue weighted by atomic mass is 16.5. The van der Waals surface area contributed by atoms with Gasteiger partial charge in [0, 0.05) is 74.8 Å². The zero-order valence-corrected chi connectivity index (χ0v) is 64.7. The van der Waals surface area contributed by atoms with Gasteiger partial charge in [0.05, 0.1) is 19.1 Å². The van der Waals surface area contributed by atoms with Crippen molar-refractivity contribution in [3.63, 3.8) is 0 Å². The number of aryl methyl sites for hydroxylation is 1. The quantitative estimate of drug-likeness (QED) is 0.104. The Bertz CT molecular complexity index is 3220. The third-order valence-corrected chi connectivity index (χ3v) is 19.4. The van der Waals surface area contributed by atoms with Crippen LogP contribution in [-0.4, -0.2) is 260 Å². The number of aliphatic hydroxyl groups excluding tert-OH is 1. The molecule has 1 aromatic carbocycles. The van der Waals surface area contributed by atoms with Gasteiger partial charge in [-0.15, -0.1) is 0 Å². The van der Waals surface area contributed by atoms with E-state index in [0.717, 1.165) is 6.42 Å². The van der Waals surface area contributed by atoms with E-state index in [1.54, 1.807) is 42.2 Å². The second kappa shape index (κ2) is 41.3. The van der Waals surface area contributed by atoms with Crippen molar-refractivity contribution in [2.24, 2.45) is 29.6 Å². The van der Waals surface area contributed by atoms with Crippen LogP contribution in [0.4, 0.5) is 0 Å². The monoisotopic (exact) mass is 1450 g/mol.